The van der Waals surface area contributed by atoms with Gasteiger partial charge in [-0.15, -0.1) is 0 Å². The number of methoxy groups -OCH3 is 1. The fraction of sp³-hybridized carbons (Fsp3) is 0.333. The van der Waals surface area contributed by atoms with Gasteiger partial charge in [-0.2, -0.15) is 0 Å². The second-order valence-electron chi connectivity index (χ2n) is 6.40. The van der Waals surface area contributed by atoms with Crippen molar-refractivity contribution in [3.63, 3.8) is 0 Å². The number of rotatable bonds is 7. The van der Waals surface area contributed by atoms with Crippen LogP contribution >= 0.6 is 0 Å². The van der Waals surface area contributed by atoms with E-state index in [-0.39, 0.29) is 11.8 Å². The largest absolute Gasteiger partial charge is 0.491 e. The van der Waals surface area contributed by atoms with E-state index in [2.05, 4.69) is 5.32 Å². The zero-order chi connectivity index (χ0) is 19.1. The molecule has 0 radical (unpaired) electrons. The van der Waals surface area contributed by atoms with Crippen molar-refractivity contribution in [1.82, 2.24) is 4.90 Å². The Bertz CT molecular complexity index is 783. The first kappa shape index (κ1) is 18.9. The van der Waals surface area contributed by atoms with Crippen LogP contribution in [0.1, 0.15) is 33.6 Å². The monoisotopic (exact) mass is 368 g/mol. The van der Waals surface area contributed by atoms with Gasteiger partial charge in [0.15, 0.2) is 0 Å². The number of amides is 2. The molecule has 0 aromatic heterocycles. The molecular formula is C21H24N2O4. The topological polar surface area (TPSA) is 67.9 Å². The molecule has 1 heterocycles. The van der Waals surface area contributed by atoms with Crippen LogP contribution < -0.4 is 10.1 Å². The van der Waals surface area contributed by atoms with Crippen LogP contribution in [0.3, 0.4) is 0 Å². The van der Waals surface area contributed by atoms with E-state index in [1.165, 1.54) is 0 Å². The Morgan fingerprint density at radius 3 is 2.44 bits per heavy atom. The van der Waals surface area contributed by atoms with Crippen molar-refractivity contribution >= 4 is 17.5 Å². The van der Waals surface area contributed by atoms with Gasteiger partial charge in [-0.1, -0.05) is 6.07 Å². The summed E-state index contributed by atoms with van der Waals surface area (Å²) in [5, 5.41) is 2.85. The van der Waals surface area contributed by atoms with E-state index < -0.39 is 0 Å². The van der Waals surface area contributed by atoms with Crippen LogP contribution in [0.4, 0.5) is 5.69 Å². The molecule has 1 N–H and O–H groups in total. The van der Waals surface area contributed by atoms with Crippen LogP contribution in [0.15, 0.2) is 48.5 Å². The van der Waals surface area contributed by atoms with Crippen LogP contribution in [0.2, 0.25) is 0 Å². The molecular weight excluding hydrogens is 344 g/mol. The summed E-state index contributed by atoms with van der Waals surface area (Å²) in [5.74, 6) is 0.465. The summed E-state index contributed by atoms with van der Waals surface area (Å²) in [6.07, 6.45) is 2.10. The second-order valence-corrected chi connectivity index (χ2v) is 6.40. The summed E-state index contributed by atoms with van der Waals surface area (Å²) < 4.78 is 10.4. The highest BCUT2D eigenvalue weighted by Gasteiger charge is 2.19. The lowest BCUT2D eigenvalue weighted by molar-refractivity contribution is 0.0792. The average molecular weight is 368 g/mol. The summed E-state index contributed by atoms with van der Waals surface area (Å²) in [7, 11) is 1.62. The third-order valence-electron chi connectivity index (χ3n) is 4.43. The third kappa shape index (κ3) is 5.08. The molecule has 0 spiro atoms. The van der Waals surface area contributed by atoms with Gasteiger partial charge in [-0.05, 0) is 55.3 Å². The Hall–Kier alpha value is -2.86. The van der Waals surface area contributed by atoms with Gasteiger partial charge in [0.1, 0.15) is 12.4 Å². The Morgan fingerprint density at radius 2 is 1.74 bits per heavy atom. The highest BCUT2D eigenvalue weighted by atomic mass is 16.5. The smallest absolute Gasteiger partial charge is 0.255 e. The van der Waals surface area contributed by atoms with Crippen LogP contribution in [-0.4, -0.2) is 50.1 Å². The number of benzene rings is 2. The summed E-state index contributed by atoms with van der Waals surface area (Å²) in [6.45, 7) is 2.57. The Balaban J connectivity index is 1.62. The molecule has 6 nitrogen and oxygen atoms in total. The maximum atomic E-state index is 12.5. The van der Waals surface area contributed by atoms with Gasteiger partial charge in [-0.25, -0.2) is 0 Å². The lowest BCUT2D eigenvalue weighted by Gasteiger charge is -2.15. The lowest BCUT2D eigenvalue weighted by Crippen LogP contribution is -2.27. The van der Waals surface area contributed by atoms with Crippen molar-refractivity contribution in [2.24, 2.45) is 0 Å². The maximum absolute atomic E-state index is 12.5. The Morgan fingerprint density at radius 1 is 1.00 bits per heavy atom. The van der Waals surface area contributed by atoms with Crippen molar-refractivity contribution in [2.45, 2.75) is 12.8 Å². The normalized spacial score (nSPS) is 13.4. The van der Waals surface area contributed by atoms with E-state index >= 15 is 0 Å². The zero-order valence-corrected chi connectivity index (χ0v) is 15.4. The van der Waals surface area contributed by atoms with Gasteiger partial charge < -0.3 is 19.7 Å². The van der Waals surface area contributed by atoms with Crippen molar-refractivity contribution in [3.05, 3.63) is 59.7 Å². The molecule has 1 saturated heterocycles. The molecule has 1 aliphatic heterocycles. The molecule has 2 amide bonds. The Kier molecular flexibility index (Phi) is 6.44. The molecule has 0 unspecified atom stereocenters. The summed E-state index contributed by atoms with van der Waals surface area (Å²) in [5.41, 5.74) is 1.72. The molecule has 6 heteroatoms. The van der Waals surface area contributed by atoms with E-state index in [4.69, 9.17) is 9.47 Å². The highest BCUT2D eigenvalue weighted by Crippen LogP contribution is 2.18. The predicted octanol–water partition coefficient (Wildman–Crippen LogP) is 3.20. The first-order valence-electron chi connectivity index (χ1n) is 9.10. The number of nitrogens with one attached hydrogen (secondary N) is 1. The first-order chi connectivity index (χ1) is 13.2. The molecule has 27 heavy (non-hydrogen) atoms. The molecule has 142 valence electrons. The first-order valence-corrected chi connectivity index (χ1v) is 9.10. The number of carbonyl (C=O) groups is 2. The maximum Gasteiger partial charge on any atom is 0.255 e. The zero-order valence-electron chi connectivity index (χ0n) is 15.4. The van der Waals surface area contributed by atoms with Crippen LogP contribution in [0, 0.1) is 0 Å². The lowest BCUT2D eigenvalue weighted by atomic mass is 10.1. The van der Waals surface area contributed by atoms with E-state index in [9.17, 15) is 9.59 Å². The van der Waals surface area contributed by atoms with Crippen LogP contribution in [-0.2, 0) is 4.74 Å². The Labute approximate surface area is 159 Å². The SMILES string of the molecule is COCCOc1ccc(C(=O)Nc2cccc(C(=O)N3CCCC3)c2)cc1. The van der Waals surface area contributed by atoms with Crippen molar-refractivity contribution in [2.75, 3.05) is 38.7 Å². The van der Waals surface area contributed by atoms with E-state index in [1.54, 1.807) is 55.6 Å². The van der Waals surface area contributed by atoms with Gasteiger partial charge in [0.05, 0.1) is 6.61 Å². The number of anilines is 1. The quantitative estimate of drug-likeness (QED) is 0.762. The van der Waals surface area contributed by atoms with Gasteiger partial charge in [0.25, 0.3) is 11.8 Å². The summed E-state index contributed by atoms with van der Waals surface area (Å²) in [4.78, 5) is 26.8. The van der Waals surface area contributed by atoms with Gasteiger partial charge in [-0.3, -0.25) is 9.59 Å². The van der Waals surface area contributed by atoms with Crippen molar-refractivity contribution in [3.8, 4) is 5.75 Å². The number of likely N-dealkylation sites (tertiary alicyclic amines) is 1. The van der Waals surface area contributed by atoms with Crippen molar-refractivity contribution < 1.29 is 19.1 Å². The van der Waals surface area contributed by atoms with E-state index in [0.29, 0.717) is 35.8 Å². The third-order valence-corrected chi connectivity index (χ3v) is 4.43. The second kappa shape index (κ2) is 9.19. The van der Waals surface area contributed by atoms with Gasteiger partial charge >= 0.3 is 0 Å². The molecule has 2 aromatic rings. The molecule has 0 saturated carbocycles. The molecule has 0 atom stereocenters. The van der Waals surface area contributed by atoms with Crippen LogP contribution in [0.5, 0.6) is 5.75 Å². The van der Waals surface area contributed by atoms with Gasteiger partial charge in [0.2, 0.25) is 0 Å². The highest BCUT2D eigenvalue weighted by molar-refractivity contribution is 6.05. The number of nitrogens with zero attached hydrogens (tertiary/aromatic N) is 1. The summed E-state index contributed by atoms with van der Waals surface area (Å²) in [6, 6.07) is 14.0. The molecule has 3 rings (SSSR count). The van der Waals surface area contributed by atoms with Crippen LogP contribution in [0.25, 0.3) is 0 Å². The minimum absolute atomic E-state index is 0.0150. The van der Waals surface area contributed by atoms with E-state index in [1.807, 2.05) is 4.90 Å². The fourth-order valence-electron chi connectivity index (χ4n) is 2.98. The van der Waals surface area contributed by atoms with Gasteiger partial charge in [0, 0.05) is 37.0 Å². The number of carbonyl (C=O) groups excluding carboxylic acids is 2. The molecule has 0 bridgehead atoms. The minimum Gasteiger partial charge on any atom is -0.491 e. The fourth-order valence-corrected chi connectivity index (χ4v) is 2.98. The molecule has 1 aliphatic rings. The number of ether oxygens (including phenoxy) is 2. The summed E-state index contributed by atoms with van der Waals surface area (Å²) >= 11 is 0. The standard InChI is InChI=1S/C21H24N2O4/c1-26-13-14-27-19-9-7-16(8-10-19)20(24)22-18-6-4-5-17(15-18)21(25)23-11-2-3-12-23/h4-10,15H,2-3,11-14H2,1H3,(H,22,24). The van der Waals surface area contributed by atoms with Crippen molar-refractivity contribution in [1.29, 1.82) is 0 Å². The number of hydrogen-bond donors (Lipinski definition) is 1. The molecule has 1 fully saturated rings. The number of hydrogen-bond acceptors (Lipinski definition) is 4. The molecule has 0 aliphatic carbocycles. The van der Waals surface area contributed by atoms with E-state index in [0.717, 1.165) is 25.9 Å². The average Bonchev–Trinajstić information content (AvgIpc) is 3.23. The predicted molar refractivity (Wildman–Crippen MR) is 103 cm³/mol. The minimum atomic E-state index is -0.232. The molecule has 2 aromatic carbocycles.